The van der Waals surface area contributed by atoms with Crippen LogP contribution in [0.3, 0.4) is 0 Å². The second kappa shape index (κ2) is 7.56. The zero-order valence-electron chi connectivity index (χ0n) is 18.4. The third-order valence-corrected chi connectivity index (χ3v) is 6.45. The van der Waals surface area contributed by atoms with Crippen molar-refractivity contribution in [2.24, 2.45) is 0 Å². The maximum Gasteiger partial charge on any atom is 0.439 e. The average molecular weight is 478 g/mol. The molecule has 0 spiro atoms. The molecule has 1 aliphatic heterocycles. The molecular formula is C23H20ClN7O3. The first-order valence-electron chi connectivity index (χ1n) is 10.9. The quantitative estimate of drug-likeness (QED) is 0.379. The van der Waals surface area contributed by atoms with Gasteiger partial charge in [0, 0.05) is 35.3 Å². The number of benzene rings is 1. The van der Waals surface area contributed by atoms with Crippen molar-refractivity contribution in [1.29, 1.82) is 0 Å². The van der Waals surface area contributed by atoms with E-state index in [1.165, 1.54) is 0 Å². The lowest BCUT2D eigenvalue weighted by Crippen LogP contribution is -2.27. The Balaban J connectivity index is 1.54. The van der Waals surface area contributed by atoms with Gasteiger partial charge in [-0.3, -0.25) is 18.9 Å². The SMILES string of the molecule is Cc1cc(C(C)Nc2ccc(Cl)nc2-c2noc(=O)[nH]2)c2c(c1)c(=O)n1c3c2cnn3CCC1. The molecule has 11 heteroatoms. The number of anilines is 1. The molecule has 5 aromatic rings. The fourth-order valence-electron chi connectivity index (χ4n) is 4.83. The van der Waals surface area contributed by atoms with Crippen LogP contribution in [0.2, 0.25) is 5.15 Å². The van der Waals surface area contributed by atoms with Crippen LogP contribution < -0.4 is 16.6 Å². The highest BCUT2D eigenvalue weighted by atomic mass is 35.5. The van der Waals surface area contributed by atoms with Crippen molar-refractivity contribution >= 4 is 39.1 Å². The monoisotopic (exact) mass is 477 g/mol. The van der Waals surface area contributed by atoms with E-state index >= 15 is 0 Å². The van der Waals surface area contributed by atoms with Gasteiger partial charge in [0.15, 0.2) is 0 Å². The molecule has 172 valence electrons. The summed E-state index contributed by atoms with van der Waals surface area (Å²) in [6.45, 7) is 5.46. The first-order valence-corrected chi connectivity index (χ1v) is 11.3. The van der Waals surface area contributed by atoms with Crippen molar-refractivity contribution in [1.82, 2.24) is 29.5 Å². The highest BCUT2D eigenvalue weighted by molar-refractivity contribution is 6.29. The molecule has 4 aromatic heterocycles. The Morgan fingerprint density at radius 3 is 2.85 bits per heavy atom. The molecule has 0 saturated carbocycles. The Hall–Kier alpha value is -3.92. The first-order chi connectivity index (χ1) is 16.4. The van der Waals surface area contributed by atoms with Crippen molar-refractivity contribution in [3.05, 3.63) is 67.6 Å². The summed E-state index contributed by atoms with van der Waals surface area (Å²) in [5.74, 6) is -0.512. The summed E-state index contributed by atoms with van der Waals surface area (Å²) in [6, 6.07) is 7.21. The van der Waals surface area contributed by atoms with Gasteiger partial charge in [0.1, 0.15) is 16.5 Å². The summed E-state index contributed by atoms with van der Waals surface area (Å²) in [6.07, 6.45) is 2.72. The van der Waals surface area contributed by atoms with Crippen molar-refractivity contribution in [2.75, 3.05) is 5.32 Å². The molecule has 0 fully saturated rings. The van der Waals surface area contributed by atoms with E-state index in [2.05, 4.69) is 36.1 Å². The number of aromatic amines is 1. The second-order valence-electron chi connectivity index (χ2n) is 8.53. The highest BCUT2D eigenvalue weighted by Crippen LogP contribution is 2.35. The number of pyridine rings is 2. The molecule has 0 amide bonds. The van der Waals surface area contributed by atoms with E-state index in [1.807, 2.05) is 35.4 Å². The molecule has 1 aromatic carbocycles. The molecule has 0 saturated heterocycles. The van der Waals surface area contributed by atoms with E-state index in [0.29, 0.717) is 23.3 Å². The molecule has 0 bridgehead atoms. The van der Waals surface area contributed by atoms with Crippen LogP contribution in [-0.2, 0) is 13.1 Å². The molecule has 0 aliphatic carbocycles. The standard InChI is InChI=1S/C23H20ClN7O3/c1-11-8-13(12(2)26-16-4-5-17(24)27-19(16)20-28-23(33)34-29-20)18-14(9-11)22(32)30-6-3-7-31-21(30)15(18)10-25-31/h4-5,8-10,12,26H,3,6-7H2,1-2H3,(H,28,29,33). The van der Waals surface area contributed by atoms with Gasteiger partial charge in [-0.15, -0.1) is 0 Å². The molecule has 5 heterocycles. The lowest BCUT2D eigenvalue weighted by atomic mass is 9.95. The fraction of sp³-hybridized carbons (Fsp3) is 0.261. The summed E-state index contributed by atoms with van der Waals surface area (Å²) in [5, 5.41) is 14.5. The van der Waals surface area contributed by atoms with Crippen LogP contribution in [0.25, 0.3) is 33.3 Å². The third-order valence-electron chi connectivity index (χ3n) is 6.24. The number of aryl methyl sites for hydroxylation is 3. The van der Waals surface area contributed by atoms with Crippen molar-refractivity contribution in [2.45, 2.75) is 39.4 Å². The number of halogens is 1. The van der Waals surface area contributed by atoms with Crippen LogP contribution in [0.4, 0.5) is 5.69 Å². The molecule has 1 unspecified atom stereocenters. The molecular weight excluding hydrogens is 458 g/mol. The van der Waals surface area contributed by atoms with Gasteiger partial charge in [0.05, 0.1) is 11.9 Å². The van der Waals surface area contributed by atoms with Gasteiger partial charge in [-0.05, 0) is 49.6 Å². The number of hydrogen-bond donors (Lipinski definition) is 2. The molecule has 0 radical (unpaired) electrons. The number of aromatic nitrogens is 6. The normalized spacial score (nSPS) is 14.1. The summed E-state index contributed by atoms with van der Waals surface area (Å²) in [4.78, 5) is 31.8. The van der Waals surface area contributed by atoms with Crippen LogP contribution >= 0.6 is 11.6 Å². The van der Waals surface area contributed by atoms with E-state index < -0.39 is 5.76 Å². The number of nitrogens with one attached hydrogen (secondary N) is 2. The zero-order valence-corrected chi connectivity index (χ0v) is 19.2. The van der Waals surface area contributed by atoms with Crippen LogP contribution in [0.5, 0.6) is 0 Å². The largest absolute Gasteiger partial charge is 0.439 e. The van der Waals surface area contributed by atoms with E-state index in [1.54, 1.807) is 12.1 Å². The van der Waals surface area contributed by atoms with Crippen LogP contribution in [-0.4, -0.2) is 29.5 Å². The maximum absolute atomic E-state index is 13.4. The molecule has 6 rings (SSSR count). The van der Waals surface area contributed by atoms with E-state index in [4.69, 9.17) is 11.6 Å². The number of fused-ring (bicyclic) bond motifs is 2. The Morgan fingerprint density at radius 2 is 2.06 bits per heavy atom. The van der Waals surface area contributed by atoms with Gasteiger partial charge in [-0.25, -0.2) is 14.5 Å². The van der Waals surface area contributed by atoms with Gasteiger partial charge < -0.3 is 5.32 Å². The number of hydrogen-bond acceptors (Lipinski definition) is 7. The summed E-state index contributed by atoms with van der Waals surface area (Å²) in [5.41, 5.74) is 3.76. The minimum Gasteiger partial charge on any atom is -0.377 e. The Morgan fingerprint density at radius 1 is 1.21 bits per heavy atom. The third kappa shape index (κ3) is 3.13. The minimum absolute atomic E-state index is 0.00452. The predicted octanol–water partition coefficient (Wildman–Crippen LogP) is 3.63. The Bertz CT molecular complexity index is 1710. The molecule has 10 nitrogen and oxygen atoms in total. The summed E-state index contributed by atoms with van der Waals surface area (Å²) >= 11 is 6.11. The molecule has 2 N–H and O–H groups in total. The van der Waals surface area contributed by atoms with Crippen LogP contribution in [0.1, 0.15) is 30.5 Å². The number of nitrogens with zero attached hydrogens (tertiary/aromatic N) is 5. The predicted molar refractivity (Wildman–Crippen MR) is 128 cm³/mol. The van der Waals surface area contributed by atoms with Crippen LogP contribution in [0.15, 0.2) is 44.6 Å². The van der Waals surface area contributed by atoms with Crippen molar-refractivity contribution in [3.8, 4) is 11.5 Å². The average Bonchev–Trinajstić information content (AvgIpc) is 3.45. The topological polar surface area (TPSA) is 124 Å². The minimum atomic E-state index is -0.683. The number of H-pyrrole nitrogens is 1. The smallest absolute Gasteiger partial charge is 0.377 e. The van der Waals surface area contributed by atoms with Gasteiger partial charge in [0.2, 0.25) is 5.82 Å². The lowest BCUT2D eigenvalue weighted by Gasteiger charge is -2.22. The lowest BCUT2D eigenvalue weighted by molar-refractivity contribution is 0.388. The molecule has 1 aliphatic rings. The maximum atomic E-state index is 13.4. The van der Waals surface area contributed by atoms with Gasteiger partial charge >= 0.3 is 5.76 Å². The Kier molecular flexibility index (Phi) is 4.59. The zero-order chi connectivity index (χ0) is 23.6. The summed E-state index contributed by atoms with van der Waals surface area (Å²) < 4.78 is 8.39. The van der Waals surface area contributed by atoms with Crippen molar-refractivity contribution < 1.29 is 4.52 Å². The highest BCUT2D eigenvalue weighted by Gasteiger charge is 2.23. The molecule has 34 heavy (non-hydrogen) atoms. The van der Waals surface area contributed by atoms with Gasteiger partial charge in [-0.1, -0.05) is 22.8 Å². The fourth-order valence-corrected chi connectivity index (χ4v) is 4.98. The van der Waals surface area contributed by atoms with Gasteiger partial charge in [-0.2, -0.15) is 5.10 Å². The summed E-state index contributed by atoms with van der Waals surface area (Å²) in [7, 11) is 0. The first kappa shape index (κ1) is 20.7. The second-order valence-corrected chi connectivity index (χ2v) is 8.92. The van der Waals surface area contributed by atoms with E-state index in [9.17, 15) is 9.59 Å². The number of rotatable bonds is 4. The Labute approximate surface area is 197 Å². The van der Waals surface area contributed by atoms with E-state index in [0.717, 1.165) is 40.5 Å². The van der Waals surface area contributed by atoms with Crippen molar-refractivity contribution in [3.63, 3.8) is 0 Å². The van der Waals surface area contributed by atoms with Gasteiger partial charge in [0.25, 0.3) is 5.56 Å². The molecule has 1 atom stereocenters. The van der Waals surface area contributed by atoms with E-state index in [-0.39, 0.29) is 22.6 Å². The van der Waals surface area contributed by atoms with Crippen LogP contribution in [0, 0.1) is 6.92 Å².